The molecule has 2 aromatic heterocycles. The molecule has 0 atom stereocenters. The molecule has 0 saturated heterocycles. The number of nitrogens with one attached hydrogen (secondary N) is 1. The second-order valence-electron chi connectivity index (χ2n) is 4.77. The van der Waals surface area contributed by atoms with E-state index in [1.165, 1.54) is 0 Å². The smallest absolute Gasteiger partial charge is 0.216 e. The van der Waals surface area contributed by atoms with Gasteiger partial charge in [0.05, 0.1) is 7.11 Å². The molecule has 0 bridgehead atoms. The summed E-state index contributed by atoms with van der Waals surface area (Å²) in [5, 5.41) is 11.3. The van der Waals surface area contributed by atoms with Gasteiger partial charge < -0.3 is 4.74 Å². The summed E-state index contributed by atoms with van der Waals surface area (Å²) in [5.74, 6) is 1.41. The molecule has 0 saturated carbocycles. The number of hydrogen-bond acceptors (Lipinski definition) is 5. The number of ether oxygens (including phenoxy) is 1. The van der Waals surface area contributed by atoms with Gasteiger partial charge in [-0.2, -0.15) is 14.9 Å². The zero-order chi connectivity index (χ0) is 16.8. The van der Waals surface area contributed by atoms with Crippen molar-refractivity contribution in [3.8, 4) is 17.1 Å². The molecule has 0 aliphatic rings. The minimum absolute atomic E-state index is 0.413. The van der Waals surface area contributed by atoms with Crippen molar-refractivity contribution < 1.29 is 4.74 Å². The summed E-state index contributed by atoms with van der Waals surface area (Å²) < 4.78 is 7.27. The number of aromatic amines is 1. The number of methoxy groups -OCH3 is 1. The van der Waals surface area contributed by atoms with Crippen LogP contribution in [-0.4, -0.2) is 33.2 Å². The normalized spacial score (nSPS) is 11.4. The summed E-state index contributed by atoms with van der Waals surface area (Å²) in [5.41, 5.74) is 1.80. The van der Waals surface area contributed by atoms with Gasteiger partial charge >= 0.3 is 0 Å². The lowest BCUT2D eigenvalue weighted by Crippen LogP contribution is -1.94. The van der Waals surface area contributed by atoms with Crippen LogP contribution in [0.3, 0.4) is 0 Å². The fraction of sp³-hybridized carbons (Fsp3) is 0.0588. The minimum Gasteiger partial charge on any atom is -0.496 e. The molecule has 0 fully saturated rings. The maximum Gasteiger partial charge on any atom is 0.216 e. The SMILES string of the molecule is COc1ccccc1/C=C/C=N\n1c(-c2cccnc2)n[nH]c1=S. The highest BCUT2D eigenvalue weighted by Crippen LogP contribution is 2.18. The Morgan fingerprint density at radius 3 is 2.92 bits per heavy atom. The lowest BCUT2D eigenvalue weighted by atomic mass is 10.2. The summed E-state index contributed by atoms with van der Waals surface area (Å²) in [4.78, 5) is 4.09. The van der Waals surface area contributed by atoms with E-state index in [-0.39, 0.29) is 0 Å². The second-order valence-corrected chi connectivity index (χ2v) is 5.16. The van der Waals surface area contributed by atoms with Gasteiger partial charge in [-0.15, -0.1) is 0 Å². The Morgan fingerprint density at radius 1 is 1.25 bits per heavy atom. The minimum atomic E-state index is 0.413. The molecule has 6 nitrogen and oxygen atoms in total. The van der Waals surface area contributed by atoms with Crippen molar-refractivity contribution in [3.05, 3.63) is 65.2 Å². The predicted octanol–water partition coefficient (Wildman–Crippen LogP) is 3.56. The molecular weight excluding hydrogens is 322 g/mol. The summed E-state index contributed by atoms with van der Waals surface area (Å²) in [6.07, 6.45) is 8.79. The molecule has 1 aromatic carbocycles. The van der Waals surface area contributed by atoms with Crippen molar-refractivity contribution in [1.29, 1.82) is 0 Å². The summed E-state index contributed by atoms with van der Waals surface area (Å²) >= 11 is 5.22. The van der Waals surface area contributed by atoms with Crippen LogP contribution in [0.25, 0.3) is 17.5 Å². The first-order valence-electron chi connectivity index (χ1n) is 7.21. The van der Waals surface area contributed by atoms with Crippen LogP contribution in [-0.2, 0) is 0 Å². The topological polar surface area (TPSA) is 68.1 Å². The number of para-hydroxylation sites is 1. The maximum atomic E-state index is 5.30. The number of allylic oxidation sites excluding steroid dienone is 1. The number of benzene rings is 1. The molecule has 3 rings (SSSR count). The number of rotatable bonds is 5. The molecule has 120 valence electrons. The highest BCUT2D eigenvalue weighted by molar-refractivity contribution is 7.71. The third-order valence-electron chi connectivity index (χ3n) is 3.25. The Kier molecular flexibility index (Phi) is 4.93. The highest BCUT2D eigenvalue weighted by atomic mass is 32.1. The number of H-pyrrole nitrogens is 1. The average Bonchev–Trinajstić information content (AvgIpc) is 3.00. The first kappa shape index (κ1) is 15.8. The van der Waals surface area contributed by atoms with E-state index in [0.29, 0.717) is 10.6 Å². The fourth-order valence-corrected chi connectivity index (χ4v) is 2.32. The second kappa shape index (κ2) is 7.47. The van der Waals surface area contributed by atoms with Crippen molar-refractivity contribution >= 4 is 24.5 Å². The Labute approximate surface area is 144 Å². The third-order valence-corrected chi connectivity index (χ3v) is 3.52. The monoisotopic (exact) mass is 337 g/mol. The quantitative estimate of drug-likeness (QED) is 0.571. The van der Waals surface area contributed by atoms with Crippen LogP contribution in [0.15, 0.2) is 60.0 Å². The van der Waals surface area contributed by atoms with E-state index in [4.69, 9.17) is 17.0 Å². The van der Waals surface area contributed by atoms with Gasteiger partial charge in [0.1, 0.15) is 5.75 Å². The van der Waals surface area contributed by atoms with Gasteiger partial charge in [0, 0.05) is 29.7 Å². The summed E-state index contributed by atoms with van der Waals surface area (Å²) in [6, 6.07) is 11.5. The number of nitrogens with zero attached hydrogens (tertiary/aromatic N) is 4. The summed E-state index contributed by atoms with van der Waals surface area (Å²) in [7, 11) is 1.64. The van der Waals surface area contributed by atoms with Crippen LogP contribution >= 0.6 is 12.2 Å². The highest BCUT2D eigenvalue weighted by Gasteiger charge is 2.07. The van der Waals surface area contributed by atoms with E-state index in [1.54, 1.807) is 30.4 Å². The fourth-order valence-electron chi connectivity index (χ4n) is 2.14. The average molecular weight is 337 g/mol. The number of hydrogen-bond donors (Lipinski definition) is 1. The van der Waals surface area contributed by atoms with E-state index < -0.39 is 0 Å². The van der Waals surface area contributed by atoms with Crippen molar-refractivity contribution in [1.82, 2.24) is 19.9 Å². The first-order chi connectivity index (χ1) is 11.8. The molecular formula is C17H15N5OS. The Hall–Kier alpha value is -3.06. The molecule has 3 aromatic rings. The van der Waals surface area contributed by atoms with Crippen LogP contribution in [0.2, 0.25) is 0 Å². The van der Waals surface area contributed by atoms with E-state index in [0.717, 1.165) is 16.9 Å². The van der Waals surface area contributed by atoms with Crippen LogP contribution in [0.1, 0.15) is 5.56 Å². The van der Waals surface area contributed by atoms with E-state index >= 15 is 0 Å². The summed E-state index contributed by atoms with van der Waals surface area (Å²) in [6.45, 7) is 0. The van der Waals surface area contributed by atoms with Crippen molar-refractivity contribution in [2.45, 2.75) is 0 Å². The van der Waals surface area contributed by atoms with Gasteiger partial charge in [0.25, 0.3) is 0 Å². The first-order valence-corrected chi connectivity index (χ1v) is 7.62. The van der Waals surface area contributed by atoms with Gasteiger partial charge in [-0.05, 0) is 42.6 Å². The molecule has 24 heavy (non-hydrogen) atoms. The number of aromatic nitrogens is 4. The van der Waals surface area contributed by atoms with Crippen LogP contribution < -0.4 is 4.74 Å². The number of pyridine rings is 1. The van der Waals surface area contributed by atoms with E-state index in [9.17, 15) is 0 Å². The zero-order valence-electron chi connectivity index (χ0n) is 13.0. The largest absolute Gasteiger partial charge is 0.496 e. The van der Waals surface area contributed by atoms with E-state index in [1.807, 2.05) is 48.6 Å². The zero-order valence-corrected chi connectivity index (χ0v) is 13.8. The lowest BCUT2D eigenvalue weighted by molar-refractivity contribution is 0.414. The molecule has 0 spiro atoms. The van der Waals surface area contributed by atoms with E-state index in [2.05, 4.69) is 20.3 Å². The van der Waals surface area contributed by atoms with Crippen molar-refractivity contribution in [3.63, 3.8) is 0 Å². The van der Waals surface area contributed by atoms with Crippen LogP contribution in [0.5, 0.6) is 5.75 Å². The molecule has 1 N–H and O–H groups in total. The molecule has 0 unspecified atom stereocenters. The predicted molar refractivity (Wildman–Crippen MR) is 96.6 cm³/mol. The molecule has 2 heterocycles. The molecule has 0 aliphatic heterocycles. The Bertz CT molecular complexity index is 927. The molecule has 0 radical (unpaired) electrons. The van der Waals surface area contributed by atoms with Crippen LogP contribution in [0, 0.1) is 4.77 Å². The standard InChI is InChI=1S/C17H15N5OS/c1-23-15-9-3-2-6-13(15)7-5-11-19-22-16(20-21-17(22)24)14-8-4-10-18-12-14/h2-12H,1H3,(H,21,24)/b7-5+,19-11-. The van der Waals surface area contributed by atoms with Crippen molar-refractivity contribution in [2.75, 3.05) is 7.11 Å². The van der Waals surface area contributed by atoms with Crippen molar-refractivity contribution in [2.24, 2.45) is 5.10 Å². The van der Waals surface area contributed by atoms with Gasteiger partial charge in [-0.3, -0.25) is 4.98 Å². The van der Waals surface area contributed by atoms with Gasteiger partial charge in [0.15, 0.2) is 5.82 Å². The van der Waals surface area contributed by atoms with Gasteiger partial charge in [-0.25, -0.2) is 5.10 Å². The third kappa shape index (κ3) is 3.47. The molecule has 7 heteroatoms. The lowest BCUT2D eigenvalue weighted by Gasteiger charge is -2.02. The van der Waals surface area contributed by atoms with Gasteiger partial charge in [-0.1, -0.05) is 18.2 Å². The molecule has 0 aliphatic carbocycles. The maximum absolute atomic E-state index is 5.30. The Balaban J connectivity index is 1.84. The Morgan fingerprint density at radius 2 is 2.12 bits per heavy atom. The molecule has 0 amide bonds. The van der Waals surface area contributed by atoms with Gasteiger partial charge in [0.2, 0.25) is 4.77 Å². The van der Waals surface area contributed by atoms with Crippen LogP contribution in [0.4, 0.5) is 0 Å².